The minimum Gasteiger partial charge on any atom is -0.462 e. The van der Waals surface area contributed by atoms with E-state index in [1.165, 1.54) is 26.0 Å². The number of carbonyl (C=O) groups is 2. The molecule has 3 N–H and O–H groups in total. The summed E-state index contributed by atoms with van der Waals surface area (Å²) in [5.74, 6) is -3.22. The second-order valence-electron chi connectivity index (χ2n) is 7.35. The molecule has 2 rings (SSSR count). The Kier molecular flexibility index (Phi) is 10.1. The summed E-state index contributed by atoms with van der Waals surface area (Å²) < 4.78 is 10.4. The van der Waals surface area contributed by atoms with Gasteiger partial charge in [-0.25, -0.2) is 9.59 Å². The molecular formula is C20H22Cl2N4O10. The largest absolute Gasteiger partial charge is 0.462 e. The van der Waals surface area contributed by atoms with Crippen LogP contribution in [0.4, 0.5) is 0 Å². The van der Waals surface area contributed by atoms with E-state index >= 15 is 0 Å². The van der Waals surface area contributed by atoms with Crippen LogP contribution in [0.1, 0.15) is 31.7 Å². The Morgan fingerprint density at radius 1 is 1.11 bits per heavy atom. The number of ether oxygens (including phenoxy) is 2. The summed E-state index contributed by atoms with van der Waals surface area (Å²) in [6, 6.07) is 4.57. The third-order valence-corrected chi connectivity index (χ3v) is 5.59. The lowest BCUT2D eigenvalue weighted by atomic mass is 9.81. The molecule has 16 heteroatoms. The van der Waals surface area contributed by atoms with Crippen LogP contribution in [0.2, 0.25) is 10.0 Å². The van der Waals surface area contributed by atoms with Crippen LogP contribution in [0, 0.1) is 20.2 Å². The Morgan fingerprint density at radius 2 is 1.78 bits per heavy atom. The Morgan fingerprint density at radius 3 is 2.42 bits per heavy atom. The molecule has 1 aliphatic heterocycles. The van der Waals surface area contributed by atoms with Gasteiger partial charge in [0, 0.05) is 12.1 Å². The number of hydrogen-bond acceptors (Lipinski definition) is 12. The van der Waals surface area contributed by atoms with Crippen LogP contribution in [-0.2, 0) is 28.7 Å². The van der Waals surface area contributed by atoms with Gasteiger partial charge in [0.05, 0.1) is 40.3 Å². The molecule has 0 aliphatic carbocycles. The topological polar surface area (TPSA) is 195 Å². The average molecular weight is 549 g/mol. The molecule has 14 nitrogen and oxygen atoms in total. The van der Waals surface area contributed by atoms with Gasteiger partial charge in [0.1, 0.15) is 18.5 Å². The lowest BCUT2D eigenvalue weighted by Gasteiger charge is -2.30. The van der Waals surface area contributed by atoms with Gasteiger partial charge in [-0.15, -0.1) is 20.2 Å². The van der Waals surface area contributed by atoms with Gasteiger partial charge in [-0.2, -0.15) is 0 Å². The van der Waals surface area contributed by atoms with Gasteiger partial charge >= 0.3 is 11.9 Å². The zero-order chi connectivity index (χ0) is 27.0. The molecule has 0 spiro atoms. The third-order valence-electron chi connectivity index (χ3n) is 4.76. The molecule has 36 heavy (non-hydrogen) atoms. The number of allylic oxidation sites excluding steroid dienone is 1. The van der Waals surface area contributed by atoms with Gasteiger partial charge in [-0.3, -0.25) is 0 Å². The third kappa shape index (κ3) is 7.36. The van der Waals surface area contributed by atoms with Crippen LogP contribution >= 0.6 is 23.2 Å². The Hall–Kier alpha value is -3.78. The molecule has 0 saturated carbocycles. The van der Waals surface area contributed by atoms with Gasteiger partial charge < -0.3 is 30.2 Å². The van der Waals surface area contributed by atoms with E-state index in [-0.39, 0.29) is 57.9 Å². The number of nitrogens with two attached hydrogens (primary N) is 1. The molecule has 2 unspecified atom stereocenters. The van der Waals surface area contributed by atoms with Crippen molar-refractivity contribution in [1.29, 1.82) is 0 Å². The van der Waals surface area contributed by atoms with Crippen LogP contribution in [0.5, 0.6) is 0 Å². The molecule has 0 aromatic heterocycles. The molecule has 0 amide bonds. The normalized spacial score (nSPS) is 16.1. The van der Waals surface area contributed by atoms with Gasteiger partial charge in [-0.05, 0) is 25.5 Å². The SMILES string of the molecule is CC1=C(C(=O)OCCCO[N+](=O)[O-])C(c2cccc(Cl)c2Cl)C(C(=O)OCC(C)O[N+](=O)[O-])=C(N)N1. The summed E-state index contributed by atoms with van der Waals surface area (Å²) >= 11 is 12.6. The van der Waals surface area contributed by atoms with Gasteiger partial charge in [0.25, 0.3) is 10.2 Å². The Labute approximate surface area is 214 Å². The standard InChI is InChI=1S/C20H22Cl2N4O10/c1-10(36-26(31)32)9-34-20(28)16-15(12-5-3-6-13(21)17(12)22)14(11(2)24-18(16)23)19(27)33-7-4-8-35-25(29)30/h3,5-6,10,15,24H,4,7-9,23H2,1-2H3. The fourth-order valence-electron chi connectivity index (χ4n) is 3.29. The minimum absolute atomic E-state index is 0.0241. The number of nitrogens with zero attached hydrogens (tertiary/aromatic N) is 2. The molecule has 1 heterocycles. The van der Waals surface area contributed by atoms with E-state index in [1.54, 1.807) is 6.07 Å². The maximum absolute atomic E-state index is 13.1. The first-order valence-corrected chi connectivity index (χ1v) is 11.0. The second kappa shape index (κ2) is 12.8. The summed E-state index contributed by atoms with van der Waals surface area (Å²) in [6.45, 7) is 1.81. The number of carbonyl (C=O) groups excluding carboxylic acids is 2. The maximum Gasteiger partial charge on any atom is 0.338 e. The van der Waals surface area contributed by atoms with E-state index in [0.29, 0.717) is 0 Å². The second-order valence-corrected chi connectivity index (χ2v) is 8.14. The van der Waals surface area contributed by atoms with Crippen molar-refractivity contribution in [3.05, 3.63) is 76.7 Å². The molecule has 1 aromatic carbocycles. The quantitative estimate of drug-likeness (QED) is 0.167. The van der Waals surface area contributed by atoms with Crippen molar-refractivity contribution < 1.29 is 38.9 Å². The van der Waals surface area contributed by atoms with E-state index in [9.17, 15) is 29.8 Å². The van der Waals surface area contributed by atoms with Crippen molar-refractivity contribution in [3.8, 4) is 0 Å². The van der Waals surface area contributed by atoms with Gasteiger partial charge in [-0.1, -0.05) is 35.3 Å². The number of rotatable bonds is 12. The lowest BCUT2D eigenvalue weighted by Crippen LogP contribution is -2.37. The minimum atomic E-state index is -1.20. The lowest BCUT2D eigenvalue weighted by molar-refractivity contribution is -0.767. The highest BCUT2D eigenvalue weighted by molar-refractivity contribution is 6.42. The molecule has 0 radical (unpaired) electrons. The number of benzene rings is 1. The predicted molar refractivity (Wildman–Crippen MR) is 123 cm³/mol. The summed E-state index contributed by atoms with van der Waals surface area (Å²) in [5, 5.41) is 21.7. The first-order valence-electron chi connectivity index (χ1n) is 10.3. The van der Waals surface area contributed by atoms with Crippen LogP contribution in [0.15, 0.2) is 40.9 Å². The number of nitrogens with one attached hydrogen (secondary N) is 1. The number of hydrogen-bond donors (Lipinski definition) is 2. The van der Waals surface area contributed by atoms with E-state index in [4.69, 9.17) is 38.4 Å². The molecule has 1 aliphatic rings. The highest BCUT2D eigenvalue weighted by atomic mass is 35.5. The number of halogens is 2. The fraction of sp³-hybridized carbons (Fsp3) is 0.400. The summed E-state index contributed by atoms with van der Waals surface area (Å²) in [7, 11) is 0. The molecule has 0 saturated heterocycles. The highest BCUT2D eigenvalue weighted by Crippen LogP contribution is 2.43. The zero-order valence-electron chi connectivity index (χ0n) is 19.0. The van der Waals surface area contributed by atoms with E-state index in [0.717, 1.165) is 0 Å². The highest BCUT2D eigenvalue weighted by Gasteiger charge is 2.40. The molecule has 0 bridgehead atoms. The summed E-state index contributed by atoms with van der Waals surface area (Å²) in [6.07, 6.45) is -1.06. The summed E-state index contributed by atoms with van der Waals surface area (Å²) in [4.78, 5) is 55.4. The van der Waals surface area contributed by atoms with Crippen molar-refractivity contribution in [2.24, 2.45) is 5.73 Å². The first-order chi connectivity index (χ1) is 16.9. The number of dihydropyridines is 1. The molecule has 196 valence electrons. The Bertz CT molecular complexity index is 1110. The first kappa shape index (κ1) is 28.5. The molecule has 1 aromatic rings. The van der Waals surface area contributed by atoms with E-state index in [2.05, 4.69) is 15.0 Å². The molecule has 0 fully saturated rings. The van der Waals surface area contributed by atoms with Gasteiger partial charge in [0.15, 0.2) is 0 Å². The number of esters is 2. The van der Waals surface area contributed by atoms with Crippen molar-refractivity contribution in [1.82, 2.24) is 5.32 Å². The van der Waals surface area contributed by atoms with Gasteiger partial charge in [0.2, 0.25) is 0 Å². The van der Waals surface area contributed by atoms with E-state index < -0.39 is 40.7 Å². The maximum atomic E-state index is 13.1. The van der Waals surface area contributed by atoms with Crippen molar-refractivity contribution in [3.63, 3.8) is 0 Å². The molecular weight excluding hydrogens is 527 g/mol. The smallest absolute Gasteiger partial charge is 0.338 e. The fourth-order valence-corrected chi connectivity index (χ4v) is 3.71. The van der Waals surface area contributed by atoms with Crippen molar-refractivity contribution in [2.75, 3.05) is 19.8 Å². The monoisotopic (exact) mass is 548 g/mol. The van der Waals surface area contributed by atoms with Crippen LogP contribution in [0.25, 0.3) is 0 Å². The molecule has 2 atom stereocenters. The zero-order valence-corrected chi connectivity index (χ0v) is 20.5. The van der Waals surface area contributed by atoms with Crippen LogP contribution in [0.3, 0.4) is 0 Å². The van der Waals surface area contributed by atoms with Crippen molar-refractivity contribution in [2.45, 2.75) is 32.3 Å². The van der Waals surface area contributed by atoms with Crippen LogP contribution < -0.4 is 11.1 Å². The van der Waals surface area contributed by atoms with Crippen LogP contribution in [-0.4, -0.2) is 48.0 Å². The average Bonchev–Trinajstić information content (AvgIpc) is 2.77. The van der Waals surface area contributed by atoms with E-state index in [1.807, 2.05) is 0 Å². The summed E-state index contributed by atoms with van der Waals surface area (Å²) in [5.41, 5.74) is 6.29. The van der Waals surface area contributed by atoms with Crippen molar-refractivity contribution >= 4 is 35.1 Å². The predicted octanol–water partition coefficient (Wildman–Crippen LogP) is 2.41. The Balaban J connectivity index is 2.39.